The molecule has 0 heteroatoms. The van der Waals surface area contributed by atoms with Crippen LogP contribution in [0.1, 0.15) is 69.8 Å². The van der Waals surface area contributed by atoms with E-state index in [0.717, 1.165) is 0 Å². The Kier molecular flexibility index (Phi) is 8.96. The molecule has 1 atom stereocenters. The van der Waals surface area contributed by atoms with Crippen molar-refractivity contribution in [3.05, 3.63) is 299 Å². The quantitative estimate of drug-likeness (QED) is 0.111. The third-order valence-corrected chi connectivity index (χ3v) is 15.2. The van der Waals surface area contributed by atoms with Crippen molar-refractivity contribution in [3.63, 3.8) is 0 Å². The summed E-state index contributed by atoms with van der Waals surface area (Å²) in [6.45, 7) is 4.80. The van der Waals surface area contributed by atoms with Crippen LogP contribution < -0.4 is 0 Å². The van der Waals surface area contributed by atoms with Crippen molar-refractivity contribution in [2.45, 2.75) is 30.6 Å². The van der Waals surface area contributed by atoms with E-state index in [9.17, 15) is 0 Å². The van der Waals surface area contributed by atoms with Crippen LogP contribution in [0.5, 0.6) is 0 Å². The van der Waals surface area contributed by atoms with E-state index < -0.39 is 5.41 Å². The molecule has 1 unspecified atom stereocenters. The molecule has 0 spiro atoms. The van der Waals surface area contributed by atoms with Crippen LogP contribution in [0, 0.1) is 0 Å². The first-order chi connectivity index (χ1) is 33.0. The van der Waals surface area contributed by atoms with E-state index in [4.69, 9.17) is 0 Å². The summed E-state index contributed by atoms with van der Waals surface area (Å²) in [7, 11) is 0. The van der Waals surface area contributed by atoms with Crippen molar-refractivity contribution < 1.29 is 0 Å². The molecule has 2 aliphatic carbocycles. The lowest BCUT2D eigenvalue weighted by molar-refractivity contribution is 0.659. The lowest BCUT2D eigenvalue weighted by atomic mass is 9.66. The van der Waals surface area contributed by atoms with Gasteiger partial charge >= 0.3 is 0 Å². The third kappa shape index (κ3) is 5.99. The molecule has 0 amide bonds. The van der Waals surface area contributed by atoms with Gasteiger partial charge in [-0.15, -0.1) is 0 Å². The van der Waals surface area contributed by atoms with Crippen LogP contribution in [-0.2, 0) is 10.8 Å². The molecule has 0 nitrogen and oxygen atoms in total. The van der Waals surface area contributed by atoms with Crippen molar-refractivity contribution in [1.29, 1.82) is 0 Å². The highest BCUT2D eigenvalue weighted by Gasteiger charge is 2.46. The van der Waals surface area contributed by atoms with Crippen molar-refractivity contribution in [2.24, 2.45) is 0 Å². The van der Waals surface area contributed by atoms with Crippen LogP contribution in [0.15, 0.2) is 249 Å². The number of fused-ring (bicyclic) bond motifs is 9. The highest BCUT2D eigenvalue weighted by Crippen LogP contribution is 2.57. The molecule has 0 saturated heterocycles. The van der Waals surface area contributed by atoms with Crippen molar-refractivity contribution in [2.75, 3.05) is 0 Å². The second-order valence-corrected chi connectivity index (χ2v) is 19.1. The molecule has 11 aromatic rings. The zero-order chi connectivity index (χ0) is 44.7. The lowest BCUT2D eigenvalue weighted by Crippen LogP contribution is -2.29. The molecule has 0 bridgehead atoms. The standard InChI is InChI=1S/C67H48/c1-66(2)61-31-17-14-28-55(61)58-37-36-48(43-64(58)66)65(47-35-34-46-41-59(45-22-8-4-9-23-45)53-26-12-13-27-54(53)60(46)42-47)50-38-49(44-20-6-3-7-21-44)39-52(40-50)67(51-24-10-5-11-25-51)62-32-18-15-29-56(62)57-30-16-19-33-63(57)67/h3-43,65H,1-2H3. The first kappa shape index (κ1) is 39.3. The fourth-order valence-electron chi connectivity index (χ4n) is 12.2. The Morgan fingerprint density at radius 3 is 1.49 bits per heavy atom. The average molecular weight is 853 g/mol. The van der Waals surface area contributed by atoms with Crippen LogP contribution in [0.4, 0.5) is 0 Å². The molecule has 67 heavy (non-hydrogen) atoms. The third-order valence-electron chi connectivity index (χ3n) is 15.2. The van der Waals surface area contributed by atoms with Gasteiger partial charge in [0.25, 0.3) is 0 Å². The van der Waals surface area contributed by atoms with Gasteiger partial charge in [-0.1, -0.05) is 244 Å². The van der Waals surface area contributed by atoms with Gasteiger partial charge in [-0.05, 0) is 134 Å². The Balaban J connectivity index is 1.12. The highest BCUT2D eigenvalue weighted by atomic mass is 14.5. The van der Waals surface area contributed by atoms with E-state index in [1.165, 1.54) is 116 Å². The molecular weight excluding hydrogens is 805 g/mol. The smallest absolute Gasteiger partial charge is 0.0622 e. The first-order valence-corrected chi connectivity index (χ1v) is 23.7. The van der Waals surface area contributed by atoms with Crippen LogP contribution in [0.2, 0.25) is 0 Å². The van der Waals surface area contributed by atoms with E-state index in [2.05, 4.69) is 263 Å². The molecule has 0 heterocycles. The molecular formula is C67H48. The van der Waals surface area contributed by atoms with Crippen molar-refractivity contribution in [1.82, 2.24) is 0 Å². The predicted molar refractivity (Wildman–Crippen MR) is 281 cm³/mol. The Morgan fingerprint density at radius 2 is 0.806 bits per heavy atom. The molecule has 0 aromatic heterocycles. The van der Waals surface area contributed by atoms with Crippen LogP contribution in [-0.4, -0.2) is 0 Å². The number of benzene rings is 11. The van der Waals surface area contributed by atoms with Gasteiger partial charge in [0, 0.05) is 11.3 Å². The van der Waals surface area contributed by atoms with Gasteiger partial charge in [0.2, 0.25) is 0 Å². The molecule has 0 N–H and O–H groups in total. The highest BCUT2D eigenvalue weighted by molar-refractivity contribution is 6.14. The molecule has 13 rings (SSSR count). The van der Waals surface area contributed by atoms with Crippen molar-refractivity contribution >= 4 is 21.5 Å². The topological polar surface area (TPSA) is 0 Å². The zero-order valence-electron chi connectivity index (χ0n) is 37.7. The summed E-state index contributed by atoms with van der Waals surface area (Å²) in [5.74, 6) is -0.0936. The largest absolute Gasteiger partial charge is 0.0713 e. The van der Waals surface area contributed by atoms with Gasteiger partial charge in [-0.2, -0.15) is 0 Å². The molecule has 0 fully saturated rings. The SMILES string of the molecule is CC1(C)c2ccccc2-c2ccc(C(c3cc(-c4ccccc4)cc(C4(c5ccccc5)c5ccccc5-c5ccccc54)c3)c3ccc4cc(-c5ccccc5)c5ccccc5c4c3)cc21. The van der Waals surface area contributed by atoms with E-state index in [1.807, 2.05) is 0 Å². The van der Waals surface area contributed by atoms with E-state index in [-0.39, 0.29) is 11.3 Å². The Labute approximate surface area is 393 Å². The summed E-state index contributed by atoms with van der Waals surface area (Å²) in [5, 5.41) is 5.05. The Bertz CT molecular complexity index is 3660. The van der Waals surface area contributed by atoms with Gasteiger partial charge in [0.05, 0.1) is 5.41 Å². The summed E-state index contributed by atoms with van der Waals surface area (Å²) >= 11 is 0. The van der Waals surface area contributed by atoms with Gasteiger partial charge in [-0.3, -0.25) is 0 Å². The molecule has 0 saturated carbocycles. The minimum Gasteiger partial charge on any atom is -0.0622 e. The van der Waals surface area contributed by atoms with Gasteiger partial charge in [-0.25, -0.2) is 0 Å². The normalized spacial score (nSPS) is 14.3. The molecule has 11 aromatic carbocycles. The zero-order valence-corrected chi connectivity index (χ0v) is 37.7. The first-order valence-electron chi connectivity index (χ1n) is 23.7. The maximum atomic E-state index is 2.57. The summed E-state index contributed by atoms with van der Waals surface area (Å²) < 4.78 is 0. The molecule has 0 radical (unpaired) electrons. The second-order valence-electron chi connectivity index (χ2n) is 19.1. The lowest BCUT2D eigenvalue weighted by Gasteiger charge is -2.35. The minimum absolute atomic E-state index is 0.0936. The Morgan fingerprint density at radius 1 is 0.284 bits per heavy atom. The van der Waals surface area contributed by atoms with Crippen LogP contribution >= 0.6 is 0 Å². The monoisotopic (exact) mass is 852 g/mol. The molecule has 2 aliphatic rings. The maximum Gasteiger partial charge on any atom is 0.0713 e. The predicted octanol–water partition coefficient (Wildman–Crippen LogP) is 17.2. The summed E-state index contributed by atoms with van der Waals surface area (Å²) in [4.78, 5) is 0. The molecule has 316 valence electrons. The number of hydrogen-bond acceptors (Lipinski definition) is 0. The number of hydrogen-bond donors (Lipinski definition) is 0. The van der Waals surface area contributed by atoms with Crippen LogP contribution in [0.25, 0.3) is 66.1 Å². The average Bonchev–Trinajstić information content (AvgIpc) is 3.82. The van der Waals surface area contributed by atoms with E-state index in [1.54, 1.807) is 0 Å². The van der Waals surface area contributed by atoms with Crippen LogP contribution in [0.3, 0.4) is 0 Å². The molecule has 0 aliphatic heterocycles. The minimum atomic E-state index is -0.562. The summed E-state index contributed by atoms with van der Waals surface area (Å²) in [6, 6.07) is 93.8. The summed E-state index contributed by atoms with van der Waals surface area (Å²) in [5.41, 5.74) is 21.2. The number of rotatable bonds is 7. The van der Waals surface area contributed by atoms with E-state index >= 15 is 0 Å². The Hall–Kier alpha value is -8.06. The van der Waals surface area contributed by atoms with Gasteiger partial charge in [0.15, 0.2) is 0 Å². The van der Waals surface area contributed by atoms with Gasteiger partial charge < -0.3 is 0 Å². The second kappa shape index (κ2) is 15.3. The fraction of sp³-hybridized carbons (Fsp3) is 0.0746. The van der Waals surface area contributed by atoms with Crippen molar-refractivity contribution in [3.8, 4) is 44.5 Å². The maximum absolute atomic E-state index is 2.57. The van der Waals surface area contributed by atoms with Gasteiger partial charge in [0.1, 0.15) is 0 Å². The van der Waals surface area contributed by atoms with E-state index in [0.29, 0.717) is 0 Å². The fourth-order valence-corrected chi connectivity index (χ4v) is 12.2. The summed E-state index contributed by atoms with van der Waals surface area (Å²) in [6.07, 6.45) is 0.